The zero-order chi connectivity index (χ0) is 13.0. The molecule has 0 fully saturated rings. The molecule has 0 saturated heterocycles. The van der Waals surface area contributed by atoms with Crippen molar-refractivity contribution in [3.63, 3.8) is 0 Å². The smallest absolute Gasteiger partial charge is 0.196 e. The van der Waals surface area contributed by atoms with Gasteiger partial charge >= 0.3 is 0 Å². The molecule has 2 aromatic carbocycles. The third-order valence-corrected chi connectivity index (χ3v) is 2.99. The minimum absolute atomic E-state index is 0.00167. The van der Waals surface area contributed by atoms with Gasteiger partial charge in [-0.2, -0.15) is 0 Å². The van der Waals surface area contributed by atoms with E-state index >= 15 is 0 Å². The van der Waals surface area contributed by atoms with Crippen LogP contribution in [0.2, 0.25) is 0 Å². The molecule has 0 radical (unpaired) electrons. The summed E-state index contributed by atoms with van der Waals surface area (Å²) in [6.45, 7) is 1.94. The molecule has 2 nitrogen and oxygen atoms in total. The molecular formula is C16H16O2. The zero-order valence-corrected chi connectivity index (χ0v) is 10.6. The van der Waals surface area contributed by atoms with E-state index in [0.29, 0.717) is 5.56 Å². The summed E-state index contributed by atoms with van der Waals surface area (Å²) in [4.78, 5) is 12.5. The number of ether oxygens (including phenoxy) is 1. The van der Waals surface area contributed by atoms with Gasteiger partial charge in [0.05, 0.1) is 0 Å². The lowest BCUT2D eigenvalue weighted by Gasteiger charge is -2.15. The molecule has 1 atom stereocenters. The fraction of sp³-hybridized carbons (Fsp3) is 0.188. The van der Waals surface area contributed by atoms with Gasteiger partial charge in [0.25, 0.3) is 0 Å². The lowest BCUT2D eigenvalue weighted by molar-refractivity contribution is 0.0604. The lowest BCUT2D eigenvalue weighted by atomic mass is 9.97. The van der Waals surface area contributed by atoms with Crippen LogP contribution in [0.15, 0.2) is 54.6 Å². The number of benzene rings is 2. The quantitative estimate of drug-likeness (QED) is 0.764. The molecule has 0 saturated carbocycles. The van der Waals surface area contributed by atoms with Crippen molar-refractivity contribution in [2.24, 2.45) is 0 Å². The van der Waals surface area contributed by atoms with Gasteiger partial charge in [0.2, 0.25) is 0 Å². The van der Waals surface area contributed by atoms with Crippen LogP contribution >= 0.6 is 0 Å². The number of aryl methyl sites for hydroxylation is 1. The zero-order valence-electron chi connectivity index (χ0n) is 10.6. The molecule has 0 N–H and O–H groups in total. The average molecular weight is 240 g/mol. The second kappa shape index (κ2) is 5.61. The summed E-state index contributed by atoms with van der Waals surface area (Å²) in [5.74, 6) is 0.00167. The second-order valence-electron chi connectivity index (χ2n) is 4.21. The Morgan fingerprint density at radius 2 is 1.61 bits per heavy atom. The molecule has 0 aliphatic heterocycles. The SMILES string of the molecule is COC(C(=O)c1ccccc1C)c1ccccc1. The Morgan fingerprint density at radius 1 is 1.00 bits per heavy atom. The van der Waals surface area contributed by atoms with Crippen LogP contribution in [0.4, 0.5) is 0 Å². The standard InChI is InChI=1S/C16H16O2/c1-12-8-6-7-11-14(12)15(17)16(18-2)13-9-4-3-5-10-13/h3-11,16H,1-2H3. The first kappa shape index (κ1) is 12.5. The minimum Gasteiger partial charge on any atom is -0.369 e. The molecule has 0 spiro atoms. The number of hydrogen-bond donors (Lipinski definition) is 0. The van der Waals surface area contributed by atoms with Gasteiger partial charge in [-0.25, -0.2) is 0 Å². The number of ketones is 1. The molecule has 2 rings (SSSR count). The van der Waals surface area contributed by atoms with Gasteiger partial charge in [0.1, 0.15) is 6.10 Å². The van der Waals surface area contributed by atoms with Crippen LogP contribution < -0.4 is 0 Å². The van der Waals surface area contributed by atoms with Crippen molar-refractivity contribution in [1.29, 1.82) is 0 Å². The third kappa shape index (κ3) is 2.49. The molecule has 2 aromatic rings. The molecule has 92 valence electrons. The van der Waals surface area contributed by atoms with Crippen LogP contribution in [-0.2, 0) is 4.74 Å². The fourth-order valence-corrected chi connectivity index (χ4v) is 2.01. The number of Topliss-reactive ketones (excluding diaryl/α,β-unsaturated/α-hetero) is 1. The van der Waals surface area contributed by atoms with E-state index in [2.05, 4.69) is 0 Å². The van der Waals surface area contributed by atoms with Gasteiger partial charge in [-0.1, -0.05) is 54.6 Å². The first-order valence-corrected chi connectivity index (χ1v) is 5.91. The highest BCUT2D eigenvalue weighted by Crippen LogP contribution is 2.23. The summed E-state index contributed by atoms with van der Waals surface area (Å²) >= 11 is 0. The Kier molecular flexibility index (Phi) is 3.90. The summed E-state index contributed by atoms with van der Waals surface area (Å²) in [6, 6.07) is 17.1. The molecule has 2 heteroatoms. The second-order valence-corrected chi connectivity index (χ2v) is 4.21. The monoisotopic (exact) mass is 240 g/mol. The molecule has 1 unspecified atom stereocenters. The number of rotatable bonds is 4. The highest BCUT2D eigenvalue weighted by atomic mass is 16.5. The van der Waals surface area contributed by atoms with E-state index in [-0.39, 0.29) is 5.78 Å². The predicted molar refractivity (Wildman–Crippen MR) is 71.7 cm³/mol. The van der Waals surface area contributed by atoms with E-state index < -0.39 is 6.10 Å². The molecule has 0 heterocycles. The maximum atomic E-state index is 12.5. The Labute approximate surface area is 107 Å². The summed E-state index contributed by atoms with van der Waals surface area (Å²) < 4.78 is 5.36. The summed E-state index contributed by atoms with van der Waals surface area (Å²) in [7, 11) is 1.56. The van der Waals surface area contributed by atoms with E-state index in [9.17, 15) is 4.79 Å². The first-order chi connectivity index (χ1) is 8.74. The Bertz CT molecular complexity index is 532. The number of hydrogen-bond acceptors (Lipinski definition) is 2. The number of carbonyl (C=O) groups is 1. The highest BCUT2D eigenvalue weighted by molar-refractivity contribution is 6.01. The molecule has 0 aliphatic carbocycles. The van der Waals surface area contributed by atoms with Crippen LogP contribution in [-0.4, -0.2) is 12.9 Å². The maximum Gasteiger partial charge on any atom is 0.196 e. The van der Waals surface area contributed by atoms with E-state index in [4.69, 9.17) is 4.74 Å². The first-order valence-electron chi connectivity index (χ1n) is 5.91. The van der Waals surface area contributed by atoms with E-state index in [1.54, 1.807) is 7.11 Å². The van der Waals surface area contributed by atoms with Gasteiger partial charge < -0.3 is 4.74 Å². The van der Waals surface area contributed by atoms with Gasteiger partial charge in [0.15, 0.2) is 5.78 Å². The fourth-order valence-electron chi connectivity index (χ4n) is 2.01. The van der Waals surface area contributed by atoms with Crippen LogP contribution in [0.25, 0.3) is 0 Å². The number of carbonyl (C=O) groups excluding carboxylic acids is 1. The molecule has 0 bridgehead atoms. The minimum atomic E-state index is -0.535. The predicted octanol–water partition coefficient (Wildman–Crippen LogP) is 3.57. The van der Waals surface area contributed by atoms with Gasteiger partial charge in [-0.15, -0.1) is 0 Å². The Balaban J connectivity index is 2.35. The molecular weight excluding hydrogens is 224 g/mol. The van der Waals surface area contributed by atoms with Crippen molar-refractivity contribution in [3.05, 3.63) is 71.3 Å². The Hall–Kier alpha value is -1.93. The van der Waals surface area contributed by atoms with Crippen LogP contribution in [0.3, 0.4) is 0 Å². The Morgan fingerprint density at radius 3 is 2.22 bits per heavy atom. The van der Waals surface area contributed by atoms with E-state index in [1.165, 1.54) is 0 Å². The van der Waals surface area contributed by atoms with Crippen LogP contribution in [0.5, 0.6) is 0 Å². The van der Waals surface area contributed by atoms with Crippen molar-refractivity contribution in [2.45, 2.75) is 13.0 Å². The van der Waals surface area contributed by atoms with E-state index in [0.717, 1.165) is 11.1 Å². The maximum absolute atomic E-state index is 12.5. The third-order valence-electron chi connectivity index (χ3n) is 2.99. The van der Waals surface area contributed by atoms with Crippen molar-refractivity contribution < 1.29 is 9.53 Å². The molecule has 0 aliphatic rings. The molecule has 18 heavy (non-hydrogen) atoms. The summed E-state index contributed by atoms with van der Waals surface area (Å²) in [5, 5.41) is 0. The summed E-state index contributed by atoms with van der Waals surface area (Å²) in [6.07, 6.45) is -0.535. The van der Waals surface area contributed by atoms with Crippen LogP contribution in [0.1, 0.15) is 27.6 Å². The average Bonchev–Trinajstić information content (AvgIpc) is 2.41. The molecule has 0 amide bonds. The van der Waals surface area contributed by atoms with Crippen LogP contribution in [0, 0.1) is 6.92 Å². The van der Waals surface area contributed by atoms with Crippen molar-refractivity contribution in [3.8, 4) is 0 Å². The topological polar surface area (TPSA) is 26.3 Å². The van der Waals surface area contributed by atoms with Gasteiger partial charge in [-0.3, -0.25) is 4.79 Å². The summed E-state index contributed by atoms with van der Waals surface area (Å²) in [5.41, 5.74) is 2.57. The lowest BCUT2D eigenvalue weighted by Crippen LogP contribution is -2.15. The van der Waals surface area contributed by atoms with Gasteiger partial charge in [0, 0.05) is 12.7 Å². The van der Waals surface area contributed by atoms with E-state index in [1.807, 2.05) is 61.5 Å². The van der Waals surface area contributed by atoms with Gasteiger partial charge in [-0.05, 0) is 18.1 Å². The van der Waals surface area contributed by atoms with Crippen molar-refractivity contribution in [2.75, 3.05) is 7.11 Å². The van der Waals surface area contributed by atoms with Crippen molar-refractivity contribution >= 4 is 5.78 Å². The molecule has 0 aromatic heterocycles. The normalized spacial score (nSPS) is 12.1. The largest absolute Gasteiger partial charge is 0.369 e. The van der Waals surface area contributed by atoms with Crippen molar-refractivity contribution in [1.82, 2.24) is 0 Å². The number of methoxy groups -OCH3 is 1. The highest BCUT2D eigenvalue weighted by Gasteiger charge is 2.22.